The zero-order chi connectivity index (χ0) is 26.9. The van der Waals surface area contributed by atoms with Gasteiger partial charge >= 0.3 is 0 Å². The molecule has 0 radical (unpaired) electrons. The molecule has 3 aromatic carbocycles. The molecule has 6 nitrogen and oxygen atoms in total. The molecule has 0 aromatic heterocycles. The number of carbonyl (C=O) groups is 1. The fourth-order valence-electron chi connectivity index (χ4n) is 5.24. The first-order valence-corrected chi connectivity index (χ1v) is 13.9. The molecular formula is C33H36N2O4. The number of aliphatic hydroxyl groups is 1. The van der Waals surface area contributed by atoms with Crippen LogP contribution in [0.25, 0.3) is 6.08 Å². The van der Waals surface area contributed by atoms with Crippen LogP contribution in [-0.4, -0.2) is 53.7 Å². The van der Waals surface area contributed by atoms with Crippen LogP contribution < -0.4 is 4.74 Å². The summed E-state index contributed by atoms with van der Waals surface area (Å²) in [6.45, 7) is 2.03. The summed E-state index contributed by atoms with van der Waals surface area (Å²) in [7, 11) is 0. The number of amides is 1. The van der Waals surface area contributed by atoms with Crippen LogP contribution in [0.5, 0.6) is 5.75 Å². The minimum absolute atomic E-state index is 0.0210. The molecule has 0 saturated carbocycles. The van der Waals surface area contributed by atoms with E-state index < -0.39 is 11.6 Å². The Labute approximate surface area is 230 Å². The van der Waals surface area contributed by atoms with Gasteiger partial charge in [0.05, 0.1) is 6.61 Å². The van der Waals surface area contributed by atoms with E-state index in [1.165, 1.54) is 0 Å². The lowest BCUT2D eigenvalue weighted by molar-refractivity contribution is -0.140. The number of nitrogens with zero attached hydrogens (tertiary/aromatic N) is 2. The third-order valence-corrected chi connectivity index (χ3v) is 7.29. The average Bonchev–Trinajstić information content (AvgIpc) is 3.39. The predicted octanol–water partition coefficient (Wildman–Crippen LogP) is 5.82. The van der Waals surface area contributed by atoms with Gasteiger partial charge in [-0.2, -0.15) is 0 Å². The lowest BCUT2D eigenvalue weighted by Gasteiger charge is -2.36. The fourth-order valence-corrected chi connectivity index (χ4v) is 5.24. The maximum absolute atomic E-state index is 14.4. The Hall–Kier alpha value is -3.90. The van der Waals surface area contributed by atoms with Gasteiger partial charge in [0.2, 0.25) is 5.90 Å². The minimum Gasteiger partial charge on any atom is -0.494 e. The molecule has 202 valence electrons. The van der Waals surface area contributed by atoms with Crippen molar-refractivity contribution in [3.8, 4) is 5.75 Å². The number of hydrogen-bond donors (Lipinski definition) is 1. The predicted molar refractivity (Wildman–Crippen MR) is 154 cm³/mol. The molecule has 1 saturated heterocycles. The Balaban J connectivity index is 1.52. The molecule has 2 atom stereocenters. The van der Waals surface area contributed by atoms with Gasteiger partial charge in [0, 0.05) is 38.1 Å². The Morgan fingerprint density at radius 2 is 1.67 bits per heavy atom. The van der Waals surface area contributed by atoms with Gasteiger partial charge in [0.25, 0.3) is 5.91 Å². The summed E-state index contributed by atoms with van der Waals surface area (Å²) in [6.07, 6.45) is 7.71. The van der Waals surface area contributed by atoms with Gasteiger partial charge in [-0.25, -0.2) is 4.99 Å². The van der Waals surface area contributed by atoms with E-state index in [4.69, 9.17) is 19.6 Å². The van der Waals surface area contributed by atoms with Gasteiger partial charge in [-0.1, -0.05) is 72.8 Å². The monoisotopic (exact) mass is 524 g/mol. The van der Waals surface area contributed by atoms with Gasteiger partial charge in [-0.3, -0.25) is 4.79 Å². The second kappa shape index (κ2) is 12.8. The van der Waals surface area contributed by atoms with E-state index in [0.717, 1.165) is 49.0 Å². The van der Waals surface area contributed by atoms with Crippen LogP contribution in [0.2, 0.25) is 0 Å². The van der Waals surface area contributed by atoms with E-state index in [1.807, 2.05) is 89.8 Å². The molecular weight excluding hydrogens is 488 g/mol. The molecule has 0 bridgehead atoms. The summed E-state index contributed by atoms with van der Waals surface area (Å²) in [6, 6.07) is 27.6. The van der Waals surface area contributed by atoms with E-state index in [0.29, 0.717) is 31.1 Å². The number of likely N-dealkylation sites (tertiary alicyclic amines) is 1. The van der Waals surface area contributed by atoms with E-state index in [-0.39, 0.29) is 12.5 Å². The summed E-state index contributed by atoms with van der Waals surface area (Å²) in [4.78, 5) is 21.5. The van der Waals surface area contributed by atoms with Crippen molar-refractivity contribution in [2.75, 3.05) is 26.3 Å². The van der Waals surface area contributed by atoms with Crippen molar-refractivity contribution in [1.29, 1.82) is 0 Å². The highest BCUT2D eigenvalue weighted by atomic mass is 16.5. The van der Waals surface area contributed by atoms with Gasteiger partial charge in [0.1, 0.15) is 5.75 Å². The molecule has 5 rings (SSSR count). The smallest absolute Gasteiger partial charge is 0.255 e. The fraction of sp³-hybridized carbons (Fsp3) is 0.333. The molecule has 3 aromatic rings. The summed E-state index contributed by atoms with van der Waals surface area (Å²) >= 11 is 0. The highest BCUT2D eigenvalue weighted by Crippen LogP contribution is 2.44. The van der Waals surface area contributed by atoms with Crippen molar-refractivity contribution in [1.82, 2.24) is 4.90 Å². The number of ether oxygens (including phenoxy) is 2. The first-order valence-electron chi connectivity index (χ1n) is 13.9. The standard InChI is InChI=1S/C33H36N2O4/c36-24-11-25-38-29-19-17-28(18-20-29)31-34-33(32(37)35-22-8-3-9-23-35,21-10-14-26-12-4-1-5-13-26)30(39-31)27-15-6-2-7-16-27/h1-2,4-7,10,12-20,30,36H,3,8-9,11,21-25H2/b14-10+/t30-,33-/m1/s1. The molecule has 2 aliphatic heterocycles. The Bertz CT molecular complexity index is 1270. The third-order valence-electron chi connectivity index (χ3n) is 7.29. The number of aliphatic hydroxyl groups excluding tert-OH is 1. The Kier molecular flexibility index (Phi) is 8.74. The van der Waals surface area contributed by atoms with Crippen molar-refractivity contribution in [2.45, 2.75) is 43.7 Å². The van der Waals surface area contributed by atoms with E-state index in [1.54, 1.807) is 0 Å². The van der Waals surface area contributed by atoms with Crippen LogP contribution in [-0.2, 0) is 9.53 Å². The van der Waals surface area contributed by atoms with Crippen LogP contribution >= 0.6 is 0 Å². The normalized spacial score (nSPS) is 21.0. The summed E-state index contributed by atoms with van der Waals surface area (Å²) in [5.74, 6) is 1.20. The van der Waals surface area contributed by atoms with Crippen LogP contribution in [0.15, 0.2) is 96.0 Å². The number of piperidine rings is 1. The number of benzene rings is 3. The Morgan fingerprint density at radius 1 is 0.974 bits per heavy atom. The van der Waals surface area contributed by atoms with Crippen molar-refractivity contribution in [3.63, 3.8) is 0 Å². The summed E-state index contributed by atoms with van der Waals surface area (Å²) in [5.41, 5.74) is 1.69. The highest BCUT2D eigenvalue weighted by Gasteiger charge is 2.54. The molecule has 0 spiro atoms. The number of aliphatic imine (C=N–C) groups is 1. The molecule has 1 N–H and O–H groups in total. The SMILES string of the molecule is O=C(N1CCCCC1)[C@]1(C/C=C/c2ccccc2)N=C(c2ccc(OCCCO)cc2)O[C@@H]1c1ccccc1. The molecule has 2 heterocycles. The van der Waals surface area contributed by atoms with E-state index in [2.05, 4.69) is 12.2 Å². The maximum atomic E-state index is 14.4. The number of rotatable bonds is 10. The van der Waals surface area contributed by atoms with Crippen LogP contribution in [0.4, 0.5) is 0 Å². The summed E-state index contributed by atoms with van der Waals surface area (Å²) < 4.78 is 12.3. The van der Waals surface area contributed by atoms with E-state index >= 15 is 0 Å². The molecule has 2 aliphatic rings. The first-order chi connectivity index (χ1) is 19.2. The molecule has 0 unspecified atom stereocenters. The quantitative estimate of drug-likeness (QED) is 0.339. The van der Waals surface area contributed by atoms with Crippen LogP contribution in [0.1, 0.15) is 54.9 Å². The lowest BCUT2D eigenvalue weighted by Crippen LogP contribution is -2.51. The van der Waals surface area contributed by atoms with E-state index in [9.17, 15) is 4.79 Å². The first kappa shape index (κ1) is 26.7. The molecule has 1 amide bonds. The number of carbonyl (C=O) groups excluding carboxylic acids is 1. The summed E-state index contributed by atoms with van der Waals surface area (Å²) in [5, 5.41) is 9.02. The minimum atomic E-state index is -1.12. The van der Waals surface area contributed by atoms with Gasteiger partial charge in [-0.15, -0.1) is 0 Å². The van der Waals surface area contributed by atoms with Crippen molar-refractivity contribution >= 4 is 17.9 Å². The zero-order valence-corrected chi connectivity index (χ0v) is 22.2. The molecule has 39 heavy (non-hydrogen) atoms. The second-order valence-electron chi connectivity index (χ2n) is 10.1. The Morgan fingerprint density at radius 3 is 2.36 bits per heavy atom. The third kappa shape index (κ3) is 6.23. The van der Waals surface area contributed by atoms with Crippen LogP contribution in [0, 0.1) is 0 Å². The lowest BCUT2D eigenvalue weighted by atomic mass is 9.83. The molecule has 1 fully saturated rings. The van der Waals surface area contributed by atoms with Crippen molar-refractivity contribution < 1.29 is 19.4 Å². The van der Waals surface area contributed by atoms with Crippen LogP contribution in [0.3, 0.4) is 0 Å². The molecule has 6 heteroatoms. The second-order valence-corrected chi connectivity index (χ2v) is 10.1. The average molecular weight is 525 g/mol. The van der Waals surface area contributed by atoms with Crippen molar-refractivity contribution in [2.24, 2.45) is 4.99 Å². The zero-order valence-electron chi connectivity index (χ0n) is 22.2. The molecule has 0 aliphatic carbocycles. The maximum Gasteiger partial charge on any atom is 0.255 e. The van der Waals surface area contributed by atoms with Gasteiger partial charge in [0.15, 0.2) is 11.6 Å². The topological polar surface area (TPSA) is 71.4 Å². The van der Waals surface area contributed by atoms with Gasteiger partial charge < -0.3 is 19.5 Å². The highest BCUT2D eigenvalue weighted by molar-refractivity contribution is 6.01. The largest absolute Gasteiger partial charge is 0.494 e. The van der Waals surface area contributed by atoms with Gasteiger partial charge in [-0.05, 0) is 54.7 Å². The van der Waals surface area contributed by atoms with Crippen molar-refractivity contribution in [3.05, 3.63) is 108 Å². The number of hydrogen-bond acceptors (Lipinski definition) is 5.